The molecule has 1 N–H and O–H groups in total. The van der Waals surface area contributed by atoms with Gasteiger partial charge in [0.1, 0.15) is 0 Å². The van der Waals surface area contributed by atoms with Crippen LogP contribution in [-0.2, 0) is 4.74 Å². The number of nitrogens with zero attached hydrogens (tertiary/aromatic N) is 1. The summed E-state index contributed by atoms with van der Waals surface area (Å²) in [5, 5.41) is 3.57. The monoisotopic (exact) mass is 264 g/mol. The lowest BCUT2D eigenvalue weighted by Gasteiger charge is -2.28. The molecule has 0 saturated heterocycles. The Kier molecular flexibility index (Phi) is 7.53. The predicted octanol–water partition coefficient (Wildman–Crippen LogP) is 3.22. The van der Waals surface area contributed by atoms with Crippen LogP contribution in [0.3, 0.4) is 0 Å². The van der Waals surface area contributed by atoms with Crippen LogP contribution in [0.25, 0.3) is 0 Å². The van der Waals surface area contributed by atoms with Crippen LogP contribution < -0.4 is 10.2 Å². The highest BCUT2D eigenvalue weighted by Crippen LogP contribution is 2.26. The number of anilines is 1. The van der Waals surface area contributed by atoms with Crippen molar-refractivity contribution in [3.63, 3.8) is 0 Å². The highest BCUT2D eigenvalue weighted by molar-refractivity contribution is 5.54. The summed E-state index contributed by atoms with van der Waals surface area (Å²) < 4.78 is 5.20. The van der Waals surface area contributed by atoms with Crippen molar-refractivity contribution in [1.82, 2.24) is 5.32 Å². The number of likely N-dealkylation sites (N-methyl/N-ethyl adjacent to an activating group) is 1. The van der Waals surface area contributed by atoms with E-state index in [0.717, 1.165) is 32.7 Å². The SMILES string of the molecule is CCCNC(C)c1ccccc1N(CC)CCOC. The molecular formula is C16H28N2O. The molecule has 19 heavy (non-hydrogen) atoms. The topological polar surface area (TPSA) is 24.5 Å². The van der Waals surface area contributed by atoms with Gasteiger partial charge in [-0.05, 0) is 38.4 Å². The van der Waals surface area contributed by atoms with E-state index in [4.69, 9.17) is 4.74 Å². The predicted molar refractivity (Wildman–Crippen MR) is 82.9 cm³/mol. The first kappa shape index (κ1) is 16.0. The van der Waals surface area contributed by atoms with Gasteiger partial charge in [0.05, 0.1) is 6.61 Å². The van der Waals surface area contributed by atoms with Gasteiger partial charge in [0.15, 0.2) is 0 Å². The Hall–Kier alpha value is -1.06. The molecule has 3 heteroatoms. The molecule has 0 aliphatic rings. The molecule has 1 rings (SSSR count). The molecule has 0 heterocycles. The molecule has 0 amide bonds. The smallest absolute Gasteiger partial charge is 0.0637 e. The maximum atomic E-state index is 5.20. The molecule has 108 valence electrons. The molecule has 0 aliphatic carbocycles. The summed E-state index contributed by atoms with van der Waals surface area (Å²) >= 11 is 0. The summed E-state index contributed by atoms with van der Waals surface area (Å²) in [6.45, 7) is 10.4. The van der Waals surface area contributed by atoms with Gasteiger partial charge in [-0.25, -0.2) is 0 Å². The fourth-order valence-electron chi connectivity index (χ4n) is 2.26. The van der Waals surface area contributed by atoms with Crippen LogP contribution in [0.2, 0.25) is 0 Å². The summed E-state index contributed by atoms with van der Waals surface area (Å²) in [6.07, 6.45) is 1.16. The summed E-state index contributed by atoms with van der Waals surface area (Å²) in [5.41, 5.74) is 2.69. The van der Waals surface area contributed by atoms with Crippen LogP contribution in [0, 0.1) is 0 Å². The molecule has 0 aliphatic heterocycles. The van der Waals surface area contributed by atoms with E-state index >= 15 is 0 Å². The number of nitrogens with one attached hydrogen (secondary N) is 1. The van der Waals surface area contributed by atoms with E-state index in [2.05, 4.69) is 55.3 Å². The molecule has 0 spiro atoms. The molecule has 0 aromatic heterocycles. The first-order chi connectivity index (χ1) is 9.24. The van der Waals surface area contributed by atoms with Crippen LogP contribution in [-0.4, -0.2) is 33.4 Å². The fourth-order valence-corrected chi connectivity index (χ4v) is 2.26. The van der Waals surface area contributed by atoms with Crippen molar-refractivity contribution in [2.24, 2.45) is 0 Å². The first-order valence-electron chi connectivity index (χ1n) is 7.30. The molecule has 1 unspecified atom stereocenters. The van der Waals surface area contributed by atoms with E-state index in [-0.39, 0.29) is 0 Å². The Morgan fingerprint density at radius 3 is 2.63 bits per heavy atom. The Morgan fingerprint density at radius 1 is 1.26 bits per heavy atom. The molecule has 0 radical (unpaired) electrons. The minimum atomic E-state index is 0.382. The van der Waals surface area contributed by atoms with Gasteiger partial charge >= 0.3 is 0 Å². The maximum Gasteiger partial charge on any atom is 0.0637 e. The third-order valence-corrected chi connectivity index (χ3v) is 3.39. The van der Waals surface area contributed by atoms with E-state index in [1.807, 2.05) is 0 Å². The van der Waals surface area contributed by atoms with Crippen molar-refractivity contribution < 1.29 is 4.74 Å². The van der Waals surface area contributed by atoms with E-state index < -0.39 is 0 Å². The highest BCUT2D eigenvalue weighted by Gasteiger charge is 2.13. The molecule has 1 aromatic rings. The number of methoxy groups -OCH3 is 1. The normalized spacial score (nSPS) is 12.4. The molecule has 0 bridgehead atoms. The van der Waals surface area contributed by atoms with Crippen LogP contribution >= 0.6 is 0 Å². The van der Waals surface area contributed by atoms with Gasteiger partial charge in [-0.15, -0.1) is 0 Å². The minimum Gasteiger partial charge on any atom is -0.383 e. The Labute approximate surface area is 118 Å². The van der Waals surface area contributed by atoms with Crippen molar-refractivity contribution in [2.75, 3.05) is 38.3 Å². The van der Waals surface area contributed by atoms with Gasteiger partial charge in [-0.3, -0.25) is 0 Å². The van der Waals surface area contributed by atoms with Gasteiger partial charge in [0, 0.05) is 31.9 Å². The highest BCUT2D eigenvalue weighted by atomic mass is 16.5. The van der Waals surface area contributed by atoms with Gasteiger partial charge in [-0.2, -0.15) is 0 Å². The van der Waals surface area contributed by atoms with Crippen molar-refractivity contribution in [3.05, 3.63) is 29.8 Å². The Bertz CT molecular complexity index is 354. The van der Waals surface area contributed by atoms with Gasteiger partial charge < -0.3 is 15.0 Å². The third kappa shape index (κ3) is 4.84. The van der Waals surface area contributed by atoms with Crippen molar-refractivity contribution in [2.45, 2.75) is 33.2 Å². The van der Waals surface area contributed by atoms with Gasteiger partial charge in [0.2, 0.25) is 0 Å². The largest absolute Gasteiger partial charge is 0.383 e. The summed E-state index contributed by atoms with van der Waals surface area (Å²) in [4.78, 5) is 2.38. The summed E-state index contributed by atoms with van der Waals surface area (Å²) in [5.74, 6) is 0. The van der Waals surface area contributed by atoms with Gasteiger partial charge in [0.25, 0.3) is 0 Å². The molecule has 3 nitrogen and oxygen atoms in total. The molecule has 0 fully saturated rings. The fraction of sp³-hybridized carbons (Fsp3) is 0.625. The number of benzene rings is 1. The lowest BCUT2D eigenvalue weighted by atomic mass is 10.0. The second-order valence-corrected chi connectivity index (χ2v) is 4.81. The van der Waals surface area contributed by atoms with E-state index in [1.165, 1.54) is 11.3 Å². The van der Waals surface area contributed by atoms with Crippen molar-refractivity contribution in [3.8, 4) is 0 Å². The number of para-hydroxylation sites is 1. The minimum absolute atomic E-state index is 0.382. The lowest BCUT2D eigenvalue weighted by molar-refractivity contribution is 0.205. The second-order valence-electron chi connectivity index (χ2n) is 4.81. The van der Waals surface area contributed by atoms with Crippen LogP contribution in [0.1, 0.15) is 38.8 Å². The molecular weight excluding hydrogens is 236 g/mol. The summed E-state index contributed by atoms with van der Waals surface area (Å²) in [7, 11) is 1.76. The van der Waals surface area contributed by atoms with Crippen LogP contribution in [0.4, 0.5) is 5.69 Å². The lowest BCUT2D eigenvalue weighted by Crippen LogP contribution is -2.29. The summed E-state index contributed by atoms with van der Waals surface area (Å²) in [6, 6.07) is 9.04. The Balaban J connectivity index is 2.86. The quantitative estimate of drug-likeness (QED) is 0.741. The number of rotatable bonds is 9. The second kappa shape index (κ2) is 8.94. The Morgan fingerprint density at radius 2 is 2.00 bits per heavy atom. The van der Waals surface area contributed by atoms with E-state index in [1.54, 1.807) is 7.11 Å². The van der Waals surface area contributed by atoms with E-state index in [9.17, 15) is 0 Å². The third-order valence-electron chi connectivity index (χ3n) is 3.39. The van der Waals surface area contributed by atoms with E-state index in [0.29, 0.717) is 6.04 Å². The number of hydrogen-bond acceptors (Lipinski definition) is 3. The van der Waals surface area contributed by atoms with Crippen molar-refractivity contribution in [1.29, 1.82) is 0 Å². The van der Waals surface area contributed by atoms with Crippen LogP contribution in [0.15, 0.2) is 24.3 Å². The number of hydrogen-bond donors (Lipinski definition) is 1. The molecule has 1 aromatic carbocycles. The van der Waals surface area contributed by atoms with Gasteiger partial charge in [-0.1, -0.05) is 25.1 Å². The zero-order chi connectivity index (χ0) is 14.1. The maximum absolute atomic E-state index is 5.20. The average Bonchev–Trinajstić information content (AvgIpc) is 2.46. The zero-order valence-corrected chi connectivity index (χ0v) is 12.8. The standard InChI is InChI=1S/C16H28N2O/c1-5-11-17-14(3)15-9-7-8-10-16(15)18(6-2)12-13-19-4/h7-10,14,17H,5-6,11-13H2,1-4H3. The zero-order valence-electron chi connectivity index (χ0n) is 12.8. The average molecular weight is 264 g/mol. The molecule has 0 saturated carbocycles. The van der Waals surface area contributed by atoms with Crippen molar-refractivity contribution >= 4 is 5.69 Å². The molecule has 1 atom stereocenters. The first-order valence-corrected chi connectivity index (χ1v) is 7.30. The number of ether oxygens (including phenoxy) is 1. The van der Waals surface area contributed by atoms with Crippen LogP contribution in [0.5, 0.6) is 0 Å².